The molecule has 1 N–H and O–H groups in total. The fourth-order valence-corrected chi connectivity index (χ4v) is 3.52. The van der Waals surface area contributed by atoms with Gasteiger partial charge in [0.15, 0.2) is 0 Å². The van der Waals surface area contributed by atoms with Crippen LogP contribution in [0.5, 0.6) is 0 Å². The van der Waals surface area contributed by atoms with Gasteiger partial charge in [0.1, 0.15) is 5.70 Å². The van der Waals surface area contributed by atoms with Crippen molar-refractivity contribution >= 4 is 23.1 Å². The van der Waals surface area contributed by atoms with E-state index in [0.717, 1.165) is 28.2 Å². The van der Waals surface area contributed by atoms with Gasteiger partial charge in [-0.05, 0) is 69.0 Å². The van der Waals surface area contributed by atoms with Gasteiger partial charge >= 0.3 is 6.18 Å². The third-order valence-electron chi connectivity index (χ3n) is 5.40. The first-order valence-corrected chi connectivity index (χ1v) is 10.7. The van der Waals surface area contributed by atoms with Gasteiger partial charge in [-0.2, -0.15) is 13.2 Å². The number of carbonyl (C=O) groups excluding carboxylic acids is 2. The molecule has 176 valence electrons. The van der Waals surface area contributed by atoms with Crippen LogP contribution in [0.2, 0.25) is 0 Å². The van der Waals surface area contributed by atoms with Gasteiger partial charge in [0.2, 0.25) is 0 Å². The summed E-state index contributed by atoms with van der Waals surface area (Å²) in [4.78, 5) is 27.6. The van der Waals surface area contributed by atoms with Crippen LogP contribution in [0.1, 0.15) is 42.5 Å². The molecule has 3 rings (SSSR count). The van der Waals surface area contributed by atoms with Crippen LogP contribution >= 0.6 is 0 Å². The Bertz CT molecular complexity index is 1090. The summed E-state index contributed by atoms with van der Waals surface area (Å²) in [5, 5.41) is 2.79. The fraction of sp³-hybridized carbons (Fsp3) is 0.360. The van der Waals surface area contributed by atoms with Gasteiger partial charge in [0.05, 0.1) is 17.2 Å². The number of hydrogen-bond donors (Lipinski definition) is 1. The van der Waals surface area contributed by atoms with E-state index in [9.17, 15) is 22.8 Å². The van der Waals surface area contributed by atoms with Crippen molar-refractivity contribution in [2.24, 2.45) is 0 Å². The minimum absolute atomic E-state index is 0.0253. The number of rotatable bonds is 8. The summed E-state index contributed by atoms with van der Waals surface area (Å²) in [5.74, 6) is -1.06. The summed E-state index contributed by atoms with van der Waals surface area (Å²) >= 11 is 0. The number of halogens is 3. The molecule has 0 bridgehead atoms. The van der Waals surface area contributed by atoms with Gasteiger partial charge in [-0.15, -0.1) is 0 Å². The molecular weight excluding hydrogens is 433 g/mol. The van der Waals surface area contributed by atoms with Crippen LogP contribution in [-0.2, 0) is 20.5 Å². The molecule has 2 amide bonds. The Hall–Kier alpha value is -3.13. The minimum Gasteiger partial charge on any atom is -0.379 e. The van der Waals surface area contributed by atoms with E-state index in [0.29, 0.717) is 18.6 Å². The van der Waals surface area contributed by atoms with Crippen LogP contribution in [0.4, 0.5) is 18.9 Å². The van der Waals surface area contributed by atoms with E-state index in [1.165, 1.54) is 12.1 Å². The lowest BCUT2D eigenvalue weighted by Crippen LogP contribution is -2.34. The molecule has 0 fully saturated rings. The number of ether oxygens (including phenoxy) is 1. The Balaban J connectivity index is 1.97. The van der Waals surface area contributed by atoms with Crippen molar-refractivity contribution in [2.75, 3.05) is 18.5 Å². The van der Waals surface area contributed by atoms with Crippen molar-refractivity contribution in [3.63, 3.8) is 0 Å². The number of carbonyl (C=O) groups is 2. The number of nitrogens with zero attached hydrogens (tertiary/aromatic N) is 1. The predicted octanol–water partition coefficient (Wildman–Crippen LogP) is 5.33. The zero-order valence-electron chi connectivity index (χ0n) is 19.0. The second-order valence-corrected chi connectivity index (χ2v) is 8.29. The normalized spacial score (nSPS) is 14.6. The lowest BCUT2D eigenvalue weighted by Gasteiger charge is -2.16. The summed E-state index contributed by atoms with van der Waals surface area (Å²) in [6.07, 6.45) is -4.05. The number of nitrogens with one attached hydrogen (secondary N) is 1. The molecule has 0 atom stereocenters. The molecule has 1 aliphatic rings. The number of aryl methyl sites for hydroxylation is 2. The standard InChI is InChI=1S/C25H27F3N2O3/c1-15(2)33-12-6-11-30-23(31)21(18-10-9-16(3)17(4)13-18)22(24(30)32)29-20-8-5-7-19(14-20)25(26,27)28/h5,7-10,13-15,29H,6,11-12H2,1-4H3. The van der Waals surface area contributed by atoms with Crippen molar-refractivity contribution < 1.29 is 27.5 Å². The lowest BCUT2D eigenvalue weighted by molar-refractivity contribution is -0.138. The Kier molecular flexibility index (Phi) is 7.27. The summed E-state index contributed by atoms with van der Waals surface area (Å²) in [6, 6.07) is 9.93. The Morgan fingerprint density at radius 2 is 1.73 bits per heavy atom. The molecule has 0 saturated heterocycles. The Morgan fingerprint density at radius 3 is 2.36 bits per heavy atom. The number of imide groups is 1. The summed E-state index contributed by atoms with van der Waals surface area (Å²) in [5.41, 5.74) is 1.82. The van der Waals surface area contributed by atoms with Gasteiger partial charge < -0.3 is 10.1 Å². The molecule has 5 nitrogen and oxygen atoms in total. The van der Waals surface area contributed by atoms with Gasteiger partial charge in [-0.1, -0.05) is 24.3 Å². The predicted molar refractivity (Wildman–Crippen MR) is 120 cm³/mol. The topological polar surface area (TPSA) is 58.6 Å². The van der Waals surface area contributed by atoms with E-state index in [-0.39, 0.29) is 29.6 Å². The first-order valence-electron chi connectivity index (χ1n) is 10.7. The van der Waals surface area contributed by atoms with Crippen molar-refractivity contribution in [1.29, 1.82) is 0 Å². The average molecular weight is 460 g/mol. The highest BCUT2D eigenvalue weighted by Crippen LogP contribution is 2.34. The number of benzene rings is 2. The maximum absolute atomic E-state index is 13.3. The number of anilines is 1. The van der Waals surface area contributed by atoms with Crippen molar-refractivity contribution in [1.82, 2.24) is 4.90 Å². The monoisotopic (exact) mass is 460 g/mol. The Morgan fingerprint density at radius 1 is 1.00 bits per heavy atom. The third kappa shape index (κ3) is 5.63. The third-order valence-corrected chi connectivity index (χ3v) is 5.40. The van der Waals surface area contributed by atoms with E-state index >= 15 is 0 Å². The zero-order chi connectivity index (χ0) is 24.3. The minimum atomic E-state index is -4.53. The molecule has 2 aromatic carbocycles. The van der Waals surface area contributed by atoms with E-state index in [4.69, 9.17) is 4.74 Å². The van der Waals surface area contributed by atoms with Crippen LogP contribution in [0, 0.1) is 13.8 Å². The fourth-order valence-electron chi connectivity index (χ4n) is 3.52. The summed E-state index contributed by atoms with van der Waals surface area (Å²) in [7, 11) is 0. The largest absolute Gasteiger partial charge is 0.416 e. The molecule has 0 spiro atoms. The number of alkyl halides is 3. The van der Waals surface area contributed by atoms with Gasteiger partial charge in [-0.3, -0.25) is 14.5 Å². The maximum Gasteiger partial charge on any atom is 0.416 e. The molecule has 0 aliphatic carbocycles. The molecule has 33 heavy (non-hydrogen) atoms. The first kappa shape index (κ1) is 24.5. The molecule has 0 radical (unpaired) electrons. The second kappa shape index (κ2) is 9.79. The SMILES string of the molecule is Cc1ccc(C2=C(Nc3cccc(C(F)(F)F)c3)C(=O)N(CCCOC(C)C)C2=O)cc1C. The van der Waals surface area contributed by atoms with Gasteiger partial charge in [-0.25, -0.2) is 0 Å². The zero-order valence-corrected chi connectivity index (χ0v) is 19.0. The quantitative estimate of drug-likeness (QED) is 0.427. The molecular formula is C25H27F3N2O3. The highest BCUT2D eigenvalue weighted by molar-refractivity contribution is 6.36. The van der Waals surface area contributed by atoms with E-state index in [1.54, 1.807) is 12.1 Å². The first-order chi connectivity index (χ1) is 15.5. The van der Waals surface area contributed by atoms with Crippen LogP contribution in [0.15, 0.2) is 48.2 Å². The smallest absolute Gasteiger partial charge is 0.379 e. The van der Waals surface area contributed by atoms with Gasteiger partial charge in [0.25, 0.3) is 11.8 Å². The highest BCUT2D eigenvalue weighted by Gasteiger charge is 2.39. The average Bonchev–Trinajstić information content (AvgIpc) is 2.96. The number of hydrogen-bond acceptors (Lipinski definition) is 4. The van der Waals surface area contributed by atoms with Crippen molar-refractivity contribution in [3.05, 3.63) is 70.4 Å². The van der Waals surface area contributed by atoms with E-state index in [1.807, 2.05) is 33.8 Å². The van der Waals surface area contributed by atoms with E-state index < -0.39 is 23.6 Å². The maximum atomic E-state index is 13.3. The Labute approximate surface area is 191 Å². The van der Waals surface area contributed by atoms with Crippen molar-refractivity contribution in [2.45, 2.75) is 46.4 Å². The van der Waals surface area contributed by atoms with Crippen LogP contribution in [0.25, 0.3) is 5.57 Å². The van der Waals surface area contributed by atoms with Crippen LogP contribution in [0.3, 0.4) is 0 Å². The highest BCUT2D eigenvalue weighted by atomic mass is 19.4. The second-order valence-electron chi connectivity index (χ2n) is 8.29. The molecule has 1 heterocycles. The number of amides is 2. The van der Waals surface area contributed by atoms with Crippen molar-refractivity contribution in [3.8, 4) is 0 Å². The molecule has 8 heteroatoms. The molecule has 0 aromatic heterocycles. The molecule has 1 aliphatic heterocycles. The van der Waals surface area contributed by atoms with Crippen LogP contribution in [-0.4, -0.2) is 36.0 Å². The molecule has 0 saturated carbocycles. The molecule has 2 aromatic rings. The summed E-state index contributed by atoms with van der Waals surface area (Å²) < 4.78 is 45.0. The lowest BCUT2D eigenvalue weighted by atomic mass is 9.99. The van der Waals surface area contributed by atoms with Crippen LogP contribution < -0.4 is 5.32 Å². The molecule has 0 unspecified atom stereocenters. The van der Waals surface area contributed by atoms with Gasteiger partial charge in [0, 0.05) is 18.8 Å². The van der Waals surface area contributed by atoms with E-state index in [2.05, 4.69) is 5.32 Å². The summed E-state index contributed by atoms with van der Waals surface area (Å²) in [6.45, 7) is 8.13.